The lowest BCUT2D eigenvalue weighted by Gasteiger charge is -2.09. The molecule has 3 heterocycles. The van der Waals surface area contributed by atoms with Gasteiger partial charge in [0.25, 0.3) is 5.65 Å². The molecule has 0 spiro atoms. The van der Waals surface area contributed by atoms with E-state index in [2.05, 4.69) is 39.6 Å². The Labute approximate surface area is 163 Å². The van der Waals surface area contributed by atoms with Crippen LogP contribution < -0.4 is 9.30 Å². The van der Waals surface area contributed by atoms with Crippen LogP contribution in [0.3, 0.4) is 0 Å². The number of aromatic nitrogens is 4. The van der Waals surface area contributed by atoms with Gasteiger partial charge < -0.3 is 0 Å². The molecule has 3 aromatic heterocycles. The molecule has 0 aliphatic rings. The zero-order valence-electron chi connectivity index (χ0n) is 15.8. The fraction of sp³-hybridized carbons (Fsp3) is 0.0870. The Morgan fingerprint density at radius 2 is 1.36 bits per heavy atom. The van der Waals surface area contributed by atoms with Gasteiger partial charge in [0.2, 0.25) is 0 Å². The molecule has 0 fully saturated rings. The smallest absolute Gasteiger partial charge is 0.267 e. The van der Waals surface area contributed by atoms with E-state index in [1.165, 1.54) is 0 Å². The van der Waals surface area contributed by atoms with Crippen molar-refractivity contribution in [1.29, 1.82) is 0 Å². The van der Waals surface area contributed by atoms with Crippen molar-refractivity contribution in [2.45, 2.75) is 0 Å². The molecule has 5 heteroatoms. The van der Waals surface area contributed by atoms with Crippen LogP contribution in [0, 0.1) is 0 Å². The first-order chi connectivity index (χ1) is 13.7. The zero-order chi connectivity index (χ0) is 19.1. The first-order valence-corrected chi connectivity index (χ1v) is 9.25. The molecule has 0 aliphatic heterocycles. The number of pyridine rings is 1. The van der Waals surface area contributed by atoms with E-state index in [4.69, 9.17) is 10.1 Å². The van der Waals surface area contributed by atoms with Gasteiger partial charge in [-0.15, -0.1) is 5.10 Å². The number of benzene rings is 2. The number of nitrogens with zero attached hydrogens (tertiary/aromatic N) is 5. The van der Waals surface area contributed by atoms with Crippen molar-refractivity contribution in [3.05, 3.63) is 85.1 Å². The van der Waals surface area contributed by atoms with Crippen LogP contribution in [0.4, 0.5) is 5.95 Å². The van der Waals surface area contributed by atoms with Gasteiger partial charge >= 0.3 is 5.95 Å². The molecule has 0 atom stereocenters. The van der Waals surface area contributed by atoms with Gasteiger partial charge in [-0.25, -0.2) is 4.98 Å². The molecule has 0 aliphatic carbocycles. The maximum Gasteiger partial charge on any atom is 0.390 e. The normalized spacial score (nSPS) is 11.2. The van der Waals surface area contributed by atoms with Crippen LogP contribution in [0.1, 0.15) is 0 Å². The van der Waals surface area contributed by atoms with E-state index >= 15 is 0 Å². The van der Waals surface area contributed by atoms with Crippen molar-refractivity contribution in [2.24, 2.45) is 0 Å². The number of imidazole rings is 1. The van der Waals surface area contributed by atoms with Gasteiger partial charge in [0.05, 0.1) is 20.3 Å². The van der Waals surface area contributed by atoms with Crippen molar-refractivity contribution in [2.75, 3.05) is 19.0 Å². The highest BCUT2D eigenvalue weighted by molar-refractivity contribution is 5.81. The standard InChI is InChI=1S/C23H20N5/c1-26(2)23-27-16-10-9-15-19(27)22-24-20(17-11-5-3-6-12-17)21(25-28(22)23)18-13-7-4-8-14-18/h3-16H,1-2H3/q+1. The van der Waals surface area contributed by atoms with Crippen LogP contribution in [-0.2, 0) is 0 Å². The average Bonchev–Trinajstić information content (AvgIpc) is 3.08. The van der Waals surface area contributed by atoms with E-state index in [1.807, 2.05) is 73.3 Å². The summed E-state index contributed by atoms with van der Waals surface area (Å²) in [5.41, 5.74) is 5.70. The van der Waals surface area contributed by atoms with Crippen molar-refractivity contribution >= 4 is 17.1 Å². The minimum Gasteiger partial charge on any atom is -0.267 e. The van der Waals surface area contributed by atoms with E-state index in [9.17, 15) is 0 Å². The maximum atomic E-state index is 5.11. The van der Waals surface area contributed by atoms with E-state index in [-0.39, 0.29) is 0 Å². The molecule has 5 rings (SSSR count). The van der Waals surface area contributed by atoms with Crippen LogP contribution in [0.15, 0.2) is 85.1 Å². The first-order valence-electron chi connectivity index (χ1n) is 9.25. The molecule has 136 valence electrons. The number of fused-ring (bicyclic) bond motifs is 3. The Morgan fingerprint density at radius 1 is 0.750 bits per heavy atom. The second kappa shape index (κ2) is 6.46. The lowest BCUT2D eigenvalue weighted by atomic mass is 10.0. The van der Waals surface area contributed by atoms with E-state index in [0.29, 0.717) is 0 Å². The van der Waals surface area contributed by atoms with Crippen molar-refractivity contribution < 1.29 is 4.40 Å². The molecular formula is C23H20N5+. The van der Waals surface area contributed by atoms with Gasteiger partial charge in [-0.05, 0) is 12.1 Å². The third-order valence-corrected chi connectivity index (χ3v) is 4.83. The maximum absolute atomic E-state index is 5.11. The molecule has 5 nitrogen and oxygen atoms in total. The highest BCUT2D eigenvalue weighted by Gasteiger charge is 2.26. The van der Waals surface area contributed by atoms with Gasteiger partial charge in [0.15, 0.2) is 5.52 Å². The highest BCUT2D eigenvalue weighted by Crippen LogP contribution is 2.30. The van der Waals surface area contributed by atoms with E-state index in [1.54, 1.807) is 0 Å². The molecule has 0 N–H and O–H groups in total. The van der Waals surface area contributed by atoms with Crippen LogP contribution in [0.25, 0.3) is 33.7 Å². The second-order valence-corrected chi connectivity index (χ2v) is 6.93. The molecule has 0 bridgehead atoms. The summed E-state index contributed by atoms with van der Waals surface area (Å²) in [7, 11) is 4.05. The summed E-state index contributed by atoms with van der Waals surface area (Å²) in [5, 5.41) is 5.07. The minimum atomic E-state index is 0.836. The molecule has 0 saturated carbocycles. The van der Waals surface area contributed by atoms with E-state index < -0.39 is 0 Å². The van der Waals surface area contributed by atoms with Crippen molar-refractivity contribution in [3.8, 4) is 22.5 Å². The largest absolute Gasteiger partial charge is 0.390 e. The summed E-state index contributed by atoms with van der Waals surface area (Å²) >= 11 is 0. The molecule has 5 aromatic rings. The van der Waals surface area contributed by atoms with Gasteiger partial charge in [0, 0.05) is 11.1 Å². The van der Waals surface area contributed by atoms with Crippen LogP contribution in [0.2, 0.25) is 0 Å². The molecule has 2 aromatic carbocycles. The number of hydrogen-bond acceptors (Lipinski definition) is 3. The zero-order valence-corrected chi connectivity index (χ0v) is 15.8. The third kappa shape index (κ3) is 2.52. The summed E-state index contributed by atoms with van der Waals surface area (Å²) in [4.78, 5) is 7.17. The van der Waals surface area contributed by atoms with Gasteiger partial charge in [-0.3, -0.25) is 4.90 Å². The summed E-state index contributed by atoms with van der Waals surface area (Å²) in [6.07, 6.45) is 2.05. The quantitative estimate of drug-likeness (QED) is 0.455. The average molecular weight is 366 g/mol. The molecule has 0 amide bonds. The molecule has 0 radical (unpaired) electrons. The summed E-state index contributed by atoms with van der Waals surface area (Å²) in [5.74, 6) is 0.954. The SMILES string of the molecule is CN(C)c1n2nc(-c3ccccc3)c(-c3ccccc3)nc2c2cccc[n+]12. The Morgan fingerprint density at radius 3 is 2.00 bits per heavy atom. The monoisotopic (exact) mass is 366 g/mol. The number of anilines is 1. The molecule has 0 unspecified atom stereocenters. The van der Waals surface area contributed by atoms with Crippen LogP contribution >= 0.6 is 0 Å². The van der Waals surface area contributed by atoms with Crippen LogP contribution in [0.5, 0.6) is 0 Å². The molecule has 28 heavy (non-hydrogen) atoms. The Kier molecular flexibility index (Phi) is 3.79. The third-order valence-electron chi connectivity index (χ3n) is 4.83. The number of rotatable bonds is 3. The van der Waals surface area contributed by atoms with Crippen molar-refractivity contribution in [3.63, 3.8) is 0 Å². The van der Waals surface area contributed by atoms with Crippen molar-refractivity contribution in [1.82, 2.24) is 14.6 Å². The summed E-state index contributed by atoms with van der Waals surface area (Å²) < 4.78 is 4.06. The first kappa shape index (κ1) is 16.4. The minimum absolute atomic E-state index is 0.836. The fourth-order valence-corrected chi connectivity index (χ4v) is 3.60. The van der Waals surface area contributed by atoms with Crippen LogP contribution in [-0.4, -0.2) is 28.7 Å². The predicted molar refractivity (Wildman–Crippen MR) is 111 cm³/mol. The topological polar surface area (TPSA) is 37.5 Å². The molecule has 0 saturated heterocycles. The van der Waals surface area contributed by atoms with Gasteiger partial charge in [-0.2, -0.15) is 4.40 Å². The Hall–Kier alpha value is -3.73. The number of hydrogen-bond donors (Lipinski definition) is 0. The lowest BCUT2D eigenvalue weighted by Crippen LogP contribution is -2.29. The van der Waals surface area contributed by atoms with E-state index in [0.717, 1.165) is 39.6 Å². The van der Waals surface area contributed by atoms with Gasteiger partial charge in [0.1, 0.15) is 11.4 Å². The Bertz CT molecular complexity index is 1270. The Balaban J connectivity index is 1.94. The highest BCUT2D eigenvalue weighted by atomic mass is 15.4. The van der Waals surface area contributed by atoms with Gasteiger partial charge in [-0.1, -0.05) is 71.2 Å². The lowest BCUT2D eigenvalue weighted by molar-refractivity contribution is -0.497. The summed E-state index contributed by atoms with van der Waals surface area (Å²) in [6.45, 7) is 0. The summed E-state index contributed by atoms with van der Waals surface area (Å²) in [6, 6.07) is 26.6. The predicted octanol–water partition coefficient (Wildman–Crippen LogP) is 3.87. The fourth-order valence-electron chi connectivity index (χ4n) is 3.60. The second-order valence-electron chi connectivity index (χ2n) is 6.93. The molecular weight excluding hydrogens is 346 g/mol.